The Hall–Kier alpha value is -2.19. The number of nitrogens with zero attached hydrogens (tertiary/aromatic N) is 2. The molecular formula is C13H16N4O3S. The first kappa shape index (κ1) is 15.2. The average Bonchev–Trinajstić information content (AvgIpc) is 2.92. The fourth-order valence-corrected chi connectivity index (χ4v) is 2.32. The Morgan fingerprint density at radius 1 is 1.43 bits per heavy atom. The lowest BCUT2D eigenvalue weighted by Crippen LogP contribution is -2.24. The second kappa shape index (κ2) is 5.66. The molecule has 2 aromatic rings. The van der Waals surface area contributed by atoms with Gasteiger partial charge < -0.3 is 5.32 Å². The van der Waals surface area contributed by atoms with Crippen molar-refractivity contribution in [3.05, 3.63) is 42.2 Å². The van der Waals surface area contributed by atoms with Crippen LogP contribution in [0.4, 0.5) is 5.69 Å². The van der Waals surface area contributed by atoms with Gasteiger partial charge in [-0.25, -0.2) is 13.6 Å². The quantitative estimate of drug-likeness (QED) is 0.879. The Bertz CT molecular complexity index is 754. The van der Waals surface area contributed by atoms with Crippen molar-refractivity contribution in [2.24, 2.45) is 5.14 Å². The molecule has 3 N–H and O–H groups in total. The maximum absolute atomic E-state index is 12.2. The van der Waals surface area contributed by atoms with Gasteiger partial charge in [-0.15, -0.1) is 0 Å². The number of aryl methyl sites for hydroxylation is 1. The van der Waals surface area contributed by atoms with Crippen molar-refractivity contribution in [2.75, 3.05) is 5.32 Å². The predicted octanol–water partition coefficient (Wildman–Crippen LogP) is 1.04. The molecule has 0 fully saturated rings. The minimum atomic E-state index is -3.81. The van der Waals surface area contributed by atoms with Gasteiger partial charge in [0.1, 0.15) is 6.04 Å². The smallest absolute Gasteiger partial charge is 0.248 e. The van der Waals surface area contributed by atoms with Crippen molar-refractivity contribution in [1.82, 2.24) is 9.78 Å². The maximum Gasteiger partial charge on any atom is 0.248 e. The van der Waals surface area contributed by atoms with Crippen molar-refractivity contribution < 1.29 is 13.2 Å². The Morgan fingerprint density at radius 3 is 2.71 bits per heavy atom. The molecule has 1 aromatic carbocycles. The molecule has 8 heteroatoms. The van der Waals surface area contributed by atoms with E-state index in [0.717, 1.165) is 5.56 Å². The van der Waals surface area contributed by atoms with E-state index < -0.39 is 16.1 Å². The summed E-state index contributed by atoms with van der Waals surface area (Å²) < 4.78 is 24.2. The summed E-state index contributed by atoms with van der Waals surface area (Å²) in [6.45, 7) is 3.46. The zero-order valence-electron chi connectivity index (χ0n) is 11.6. The molecule has 0 radical (unpaired) electrons. The minimum Gasteiger partial charge on any atom is -0.324 e. The van der Waals surface area contributed by atoms with Gasteiger partial charge in [-0.05, 0) is 37.6 Å². The molecular weight excluding hydrogens is 292 g/mol. The average molecular weight is 308 g/mol. The lowest BCUT2D eigenvalue weighted by Gasteiger charge is -2.14. The third kappa shape index (κ3) is 3.47. The van der Waals surface area contributed by atoms with E-state index in [1.54, 1.807) is 38.4 Å². The molecule has 1 amide bonds. The molecule has 0 aliphatic rings. The molecule has 1 unspecified atom stereocenters. The summed E-state index contributed by atoms with van der Waals surface area (Å²) in [6.07, 6.45) is 3.26. The van der Waals surface area contributed by atoms with Crippen molar-refractivity contribution in [3.63, 3.8) is 0 Å². The highest BCUT2D eigenvalue weighted by Gasteiger charge is 2.17. The summed E-state index contributed by atoms with van der Waals surface area (Å²) in [5, 5.41) is 11.8. The minimum absolute atomic E-state index is 0.0462. The van der Waals surface area contributed by atoms with E-state index in [1.807, 2.05) is 0 Å². The summed E-state index contributed by atoms with van der Waals surface area (Å²) in [5.74, 6) is -0.298. The lowest BCUT2D eigenvalue weighted by atomic mass is 10.2. The first-order chi connectivity index (χ1) is 9.79. The zero-order valence-corrected chi connectivity index (χ0v) is 12.5. The van der Waals surface area contributed by atoms with E-state index in [2.05, 4.69) is 10.4 Å². The fourth-order valence-electron chi connectivity index (χ4n) is 1.78. The number of carbonyl (C=O) groups excluding carboxylic acids is 1. The van der Waals surface area contributed by atoms with E-state index >= 15 is 0 Å². The number of nitrogens with one attached hydrogen (secondary N) is 1. The van der Waals surface area contributed by atoms with Crippen molar-refractivity contribution in [2.45, 2.75) is 24.8 Å². The number of rotatable bonds is 4. The Balaban J connectivity index is 2.25. The normalized spacial score (nSPS) is 12.9. The van der Waals surface area contributed by atoms with E-state index in [-0.39, 0.29) is 10.8 Å². The maximum atomic E-state index is 12.2. The molecule has 0 aliphatic heterocycles. The number of anilines is 1. The molecule has 21 heavy (non-hydrogen) atoms. The SMILES string of the molecule is Cc1ccc(S(N)(=O)=O)cc1NC(=O)C(C)n1cccn1. The number of hydrogen-bond acceptors (Lipinski definition) is 4. The third-order valence-corrected chi connectivity index (χ3v) is 4.01. The number of aromatic nitrogens is 2. The number of benzene rings is 1. The van der Waals surface area contributed by atoms with Crippen molar-refractivity contribution >= 4 is 21.6 Å². The fraction of sp³-hybridized carbons (Fsp3) is 0.231. The van der Waals surface area contributed by atoms with Crippen LogP contribution in [-0.4, -0.2) is 24.1 Å². The van der Waals surface area contributed by atoms with Crippen LogP contribution in [-0.2, 0) is 14.8 Å². The molecule has 1 heterocycles. The number of amides is 1. The van der Waals surface area contributed by atoms with Crippen LogP contribution in [0.2, 0.25) is 0 Å². The van der Waals surface area contributed by atoms with Crippen LogP contribution < -0.4 is 10.5 Å². The highest BCUT2D eigenvalue weighted by molar-refractivity contribution is 7.89. The lowest BCUT2D eigenvalue weighted by molar-refractivity contribution is -0.119. The van der Waals surface area contributed by atoms with Gasteiger partial charge >= 0.3 is 0 Å². The van der Waals surface area contributed by atoms with Crippen molar-refractivity contribution in [1.29, 1.82) is 0 Å². The van der Waals surface area contributed by atoms with Gasteiger partial charge in [-0.2, -0.15) is 5.10 Å². The van der Waals surface area contributed by atoms with Crippen LogP contribution in [0.15, 0.2) is 41.6 Å². The van der Waals surface area contributed by atoms with Gasteiger partial charge in [0.25, 0.3) is 0 Å². The molecule has 0 spiro atoms. The monoisotopic (exact) mass is 308 g/mol. The van der Waals surface area contributed by atoms with Crippen LogP contribution in [0.3, 0.4) is 0 Å². The topological polar surface area (TPSA) is 107 Å². The summed E-state index contributed by atoms with van der Waals surface area (Å²) >= 11 is 0. The standard InChI is InChI=1S/C13H16N4O3S/c1-9-4-5-11(21(14,19)20)8-12(9)16-13(18)10(2)17-7-3-6-15-17/h3-8,10H,1-2H3,(H,16,18)(H2,14,19,20). The Kier molecular flexibility index (Phi) is 4.10. The first-order valence-corrected chi connectivity index (χ1v) is 7.77. The summed E-state index contributed by atoms with van der Waals surface area (Å²) in [4.78, 5) is 12.1. The number of carbonyl (C=O) groups is 1. The molecule has 2 rings (SSSR count). The van der Waals surface area contributed by atoms with Crippen LogP contribution in [0.5, 0.6) is 0 Å². The van der Waals surface area contributed by atoms with Crippen LogP contribution in [0.1, 0.15) is 18.5 Å². The summed E-state index contributed by atoms with van der Waals surface area (Å²) in [7, 11) is -3.81. The molecule has 0 saturated carbocycles. The second-order valence-corrected chi connectivity index (χ2v) is 6.23. The van der Waals surface area contributed by atoms with Crippen LogP contribution >= 0.6 is 0 Å². The molecule has 0 aliphatic carbocycles. The first-order valence-electron chi connectivity index (χ1n) is 6.22. The number of nitrogens with two attached hydrogens (primary N) is 1. The predicted molar refractivity (Wildman–Crippen MR) is 78.1 cm³/mol. The number of sulfonamides is 1. The zero-order chi connectivity index (χ0) is 15.6. The molecule has 7 nitrogen and oxygen atoms in total. The van der Waals surface area contributed by atoms with Gasteiger partial charge in [-0.1, -0.05) is 6.07 Å². The van der Waals surface area contributed by atoms with E-state index in [0.29, 0.717) is 5.69 Å². The van der Waals surface area contributed by atoms with Gasteiger partial charge in [0.05, 0.1) is 4.90 Å². The Labute approximate surface area is 122 Å². The van der Waals surface area contributed by atoms with Crippen molar-refractivity contribution in [3.8, 4) is 0 Å². The summed E-state index contributed by atoms with van der Waals surface area (Å²) in [6, 6.07) is 5.54. The number of hydrogen-bond donors (Lipinski definition) is 2. The third-order valence-electron chi connectivity index (χ3n) is 3.10. The molecule has 1 aromatic heterocycles. The van der Waals surface area contributed by atoms with Crippen LogP contribution in [0, 0.1) is 6.92 Å². The van der Waals surface area contributed by atoms with E-state index in [1.165, 1.54) is 16.8 Å². The van der Waals surface area contributed by atoms with Crippen LogP contribution in [0.25, 0.3) is 0 Å². The summed E-state index contributed by atoms with van der Waals surface area (Å²) in [5.41, 5.74) is 1.15. The van der Waals surface area contributed by atoms with E-state index in [9.17, 15) is 13.2 Å². The molecule has 1 atom stereocenters. The number of primary sulfonamides is 1. The van der Waals surface area contributed by atoms with Gasteiger partial charge in [0.2, 0.25) is 15.9 Å². The van der Waals surface area contributed by atoms with Gasteiger partial charge in [0.15, 0.2) is 0 Å². The van der Waals surface area contributed by atoms with Gasteiger partial charge in [-0.3, -0.25) is 9.48 Å². The Morgan fingerprint density at radius 2 is 2.14 bits per heavy atom. The van der Waals surface area contributed by atoms with Gasteiger partial charge in [0, 0.05) is 18.1 Å². The second-order valence-electron chi connectivity index (χ2n) is 4.67. The van der Waals surface area contributed by atoms with E-state index in [4.69, 9.17) is 5.14 Å². The highest BCUT2D eigenvalue weighted by Crippen LogP contribution is 2.20. The largest absolute Gasteiger partial charge is 0.324 e. The molecule has 112 valence electrons. The molecule has 0 saturated heterocycles. The molecule has 0 bridgehead atoms. The highest BCUT2D eigenvalue weighted by atomic mass is 32.2.